The van der Waals surface area contributed by atoms with Crippen molar-refractivity contribution < 1.29 is 23.4 Å². The molecule has 35 heavy (non-hydrogen) atoms. The third-order valence-corrected chi connectivity index (χ3v) is 5.33. The van der Waals surface area contributed by atoms with E-state index in [0.29, 0.717) is 12.1 Å². The Morgan fingerprint density at radius 3 is 2.49 bits per heavy atom. The third-order valence-electron chi connectivity index (χ3n) is 5.33. The Kier molecular flexibility index (Phi) is 7.97. The number of aromatic nitrogens is 2. The van der Waals surface area contributed by atoms with Gasteiger partial charge in [-0.15, -0.1) is 0 Å². The molecule has 1 saturated heterocycles. The van der Waals surface area contributed by atoms with Gasteiger partial charge >= 0.3 is 5.97 Å². The summed E-state index contributed by atoms with van der Waals surface area (Å²) in [7, 11) is 0. The van der Waals surface area contributed by atoms with Crippen LogP contribution in [0.5, 0.6) is 0 Å². The Hall–Kier alpha value is -2.84. The molecule has 1 fully saturated rings. The number of carbonyl (C=O) groups excluding carboxylic acids is 1. The van der Waals surface area contributed by atoms with Gasteiger partial charge in [-0.2, -0.15) is 0 Å². The molecule has 3 rings (SSSR count). The largest absolute Gasteiger partial charge is 0.460 e. The van der Waals surface area contributed by atoms with Crippen LogP contribution in [0.2, 0.25) is 0 Å². The van der Waals surface area contributed by atoms with Crippen molar-refractivity contribution in [3.05, 3.63) is 47.4 Å². The monoisotopic (exact) mass is 485 g/mol. The summed E-state index contributed by atoms with van der Waals surface area (Å²) in [5.41, 5.74) is 8.38. The van der Waals surface area contributed by atoms with Crippen LogP contribution in [0.15, 0.2) is 30.3 Å². The van der Waals surface area contributed by atoms with E-state index in [4.69, 9.17) is 19.9 Å². The lowest BCUT2D eigenvalue weighted by Crippen LogP contribution is -2.45. The molecule has 0 unspecified atom stereocenters. The number of nitrogen functional groups attached to an aromatic ring is 1. The molecular weight excluding hydrogens is 449 g/mol. The number of hydrogen-bond donors (Lipinski definition) is 1. The summed E-state index contributed by atoms with van der Waals surface area (Å²) in [5, 5.41) is 0. The number of ether oxygens (including phenoxy) is 3. The highest BCUT2D eigenvalue weighted by atomic mass is 19.1. The molecule has 0 aliphatic carbocycles. The third kappa shape index (κ3) is 7.57. The van der Waals surface area contributed by atoms with E-state index in [1.165, 1.54) is 12.1 Å². The van der Waals surface area contributed by atoms with Gasteiger partial charge in [-0.1, -0.05) is 26.0 Å². The highest BCUT2D eigenvalue weighted by Gasteiger charge is 2.36. The molecule has 1 aromatic carbocycles. The van der Waals surface area contributed by atoms with Gasteiger partial charge in [-0.05, 0) is 64.8 Å². The van der Waals surface area contributed by atoms with E-state index in [1.807, 2.05) is 60.6 Å². The molecular formula is C27H36FN3O4. The predicted molar refractivity (Wildman–Crippen MR) is 134 cm³/mol. The number of carbonyl (C=O) groups is 1. The van der Waals surface area contributed by atoms with Crippen molar-refractivity contribution in [3.8, 4) is 11.3 Å². The Bertz CT molecular complexity index is 1080. The van der Waals surface area contributed by atoms with Crippen molar-refractivity contribution in [2.45, 2.75) is 90.8 Å². The number of benzene rings is 1. The fourth-order valence-electron chi connectivity index (χ4n) is 4.10. The second-order valence-electron chi connectivity index (χ2n) is 10.6. The van der Waals surface area contributed by atoms with Gasteiger partial charge in [0.1, 0.15) is 11.4 Å². The number of nitrogens with two attached hydrogens (primary N) is 1. The molecule has 2 N–H and O–H groups in total. The van der Waals surface area contributed by atoms with E-state index in [-0.39, 0.29) is 42.3 Å². The van der Waals surface area contributed by atoms with Gasteiger partial charge in [0, 0.05) is 17.5 Å². The Morgan fingerprint density at radius 1 is 1.23 bits per heavy atom. The highest BCUT2D eigenvalue weighted by Crippen LogP contribution is 2.33. The van der Waals surface area contributed by atoms with Gasteiger partial charge in [0.15, 0.2) is 5.79 Å². The molecule has 0 radical (unpaired) electrons. The molecule has 0 saturated carbocycles. The summed E-state index contributed by atoms with van der Waals surface area (Å²) >= 11 is 0. The van der Waals surface area contributed by atoms with Crippen molar-refractivity contribution in [1.29, 1.82) is 0 Å². The molecule has 0 spiro atoms. The summed E-state index contributed by atoms with van der Waals surface area (Å²) in [5.74, 6) is -1.28. The lowest BCUT2D eigenvalue weighted by atomic mass is 9.97. The zero-order valence-electron chi connectivity index (χ0n) is 21.6. The smallest absolute Gasteiger partial charge is 0.308 e. The summed E-state index contributed by atoms with van der Waals surface area (Å²) in [6.45, 7) is 13.2. The van der Waals surface area contributed by atoms with Crippen LogP contribution >= 0.6 is 0 Å². The van der Waals surface area contributed by atoms with Crippen molar-refractivity contribution in [2.75, 3.05) is 5.73 Å². The molecule has 2 aromatic rings. The second kappa shape index (κ2) is 10.4. The van der Waals surface area contributed by atoms with E-state index in [0.717, 1.165) is 16.8 Å². The fraction of sp³-hybridized carbons (Fsp3) is 0.519. The first kappa shape index (κ1) is 26.8. The quantitative estimate of drug-likeness (QED) is 0.529. The van der Waals surface area contributed by atoms with E-state index in [2.05, 4.69) is 9.97 Å². The maximum atomic E-state index is 13.5. The second-order valence-corrected chi connectivity index (χ2v) is 10.6. The predicted octanol–water partition coefficient (Wildman–Crippen LogP) is 5.64. The summed E-state index contributed by atoms with van der Waals surface area (Å²) in [4.78, 5) is 21.3. The average molecular weight is 486 g/mol. The van der Waals surface area contributed by atoms with Crippen LogP contribution in [0.25, 0.3) is 17.3 Å². The molecule has 190 valence electrons. The molecule has 1 aliphatic rings. The van der Waals surface area contributed by atoms with E-state index in [9.17, 15) is 9.18 Å². The summed E-state index contributed by atoms with van der Waals surface area (Å²) < 4.78 is 31.1. The number of esters is 1. The van der Waals surface area contributed by atoms with Crippen molar-refractivity contribution in [2.24, 2.45) is 0 Å². The van der Waals surface area contributed by atoms with Crippen LogP contribution in [-0.4, -0.2) is 39.5 Å². The number of halogens is 1. The molecule has 0 amide bonds. The maximum Gasteiger partial charge on any atom is 0.308 e. The minimum Gasteiger partial charge on any atom is -0.460 e. The molecule has 1 aromatic heterocycles. The normalized spacial score (nSPS) is 20.4. The molecule has 1 aliphatic heterocycles. The van der Waals surface area contributed by atoms with E-state index < -0.39 is 11.4 Å². The van der Waals surface area contributed by atoms with Gasteiger partial charge < -0.3 is 19.9 Å². The zero-order chi connectivity index (χ0) is 26.0. The SMILES string of the molecule is CC(C)c1nc(N)nc(-c2ccc(F)cc2)c1/C=C/[C@@H]1C[C@H](CC(=O)OC(C)(C)C)OC(C)(C)O1. The van der Waals surface area contributed by atoms with Crippen LogP contribution in [0.1, 0.15) is 78.5 Å². The average Bonchev–Trinajstić information content (AvgIpc) is 2.70. The fourth-order valence-corrected chi connectivity index (χ4v) is 4.10. The topological polar surface area (TPSA) is 96.6 Å². The van der Waals surface area contributed by atoms with Gasteiger partial charge in [0.25, 0.3) is 0 Å². The first-order valence-electron chi connectivity index (χ1n) is 11.9. The number of rotatable bonds is 6. The van der Waals surface area contributed by atoms with Crippen molar-refractivity contribution in [3.63, 3.8) is 0 Å². The Morgan fingerprint density at radius 2 is 1.89 bits per heavy atom. The molecule has 0 bridgehead atoms. The zero-order valence-corrected chi connectivity index (χ0v) is 21.6. The van der Waals surface area contributed by atoms with E-state index in [1.54, 1.807) is 12.1 Å². The number of nitrogens with zero attached hydrogens (tertiary/aromatic N) is 2. The highest BCUT2D eigenvalue weighted by molar-refractivity contribution is 5.74. The Balaban J connectivity index is 1.91. The molecule has 8 heteroatoms. The van der Waals surface area contributed by atoms with Crippen LogP contribution in [0, 0.1) is 5.82 Å². The lowest BCUT2D eigenvalue weighted by molar-refractivity contribution is -0.290. The number of anilines is 1. The van der Waals surface area contributed by atoms with Crippen molar-refractivity contribution in [1.82, 2.24) is 9.97 Å². The van der Waals surface area contributed by atoms with Gasteiger partial charge in [-0.25, -0.2) is 14.4 Å². The summed E-state index contributed by atoms with van der Waals surface area (Å²) in [6, 6.07) is 6.12. The number of hydrogen-bond acceptors (Lipinski definition) is 7. The summed E-state index contributed by atoms with van der Waals surface area (Å²) in [6.07, 6.45) is 3.80. The molecule has 2 atom stereocenters. The van der Waals surface area contributed by atoms with Gasteiger partial charge in [0.05, 0.1) is 30.0 Å². The molecule has 7 nitrogen and oxygen atoms in total. The minimum atomic E-state index is -0.877. The van der Waals surface area contributed by atoms with E-state index >= 15 is 0 Å². The van der Waals surface area contributed by atoms with Crippen LogP contribution < -0.4 is 5.73 Å². The van der Waals surface area contributed by atoms with Crippen molar-refractivity contribution >= 4 is 18.0 Å². The lowest BCUT2D eigenvalue weighted by Gasteiger charge is -2.39. The standard InChI is InChI=1S/C27H36FN3O4/c1-16(2)23-21(24(31-25(29)30-23)17-8-10-18(28)11-9-17)13-12-19-14-20(34-27(6,7)33-19)15-22(32)35-26(3,4)5/h8-13,16,19-20H,14-15H2,1-7H3,(H2,29,30,31)/b13-12+/t19-,20-/m1/s1. The van der Waals surface area contributed by atoms with Crippen LogP contribution in [-0.2, 0) is 19.0 Å². The van der Waals surface area contributed by atoms with Crippen LogP contribution in [0.4, 0.5) is 10.3 Å². The van der Waals surface area contributed by atoms with Gasteiger partial charge in [0.2, 0.25) is 5.95 Å². The minimum absolute atomic E-state index is 0.0751. The first-order chi connectivity index (χ1) is 16.2. The van der Waals surface area contributed by atoms with Crippen LogP contribution in [0.3, 0.4) is 0 Å². The first-order valence-corrected chi connectivity index (χ1v) is 11.9. The maximum absolute atomic E-state index is 13.5. The molecule has 2 heterocycles. The van der Waals surface area contributed by atoms with Gasteiger partial charge in [-0.3, -0.25) is 4.79 Å². The Labute approximate surface area is 206 Å².